The lowest BCUT2D eigenvalue weighted by atomic mass is 10.3. The number of carbonyl (C=O) groups is 1. The molecule has 0 aliphatic carbocycles. The van der Waals surface area contributed by atoms with Crippen molar-refractivity contribution < 1.29 is 14.1 Å². The van der Waals surface area contributed by atoms with Crippen LogP contribution in [0.5, 0.6) is 5.75 Å². The van der Waals surface area contributed by atoms with Gasteiger partial charge in [0.2, 0.25) is 6.54 Å². The molecule has 0 fully saturated rings. The normalized spacial score (nSPS) is 10.2. The van der Waals surface area contributed by atoms with Crippen molar-refractivity contribution in [2.24, 2.45) is 0 Å². The lowest BCUT2D eigenvalue weighted by molar-refractivity contribution is -0.684. The van der Waals surface area contributed by atoms with Gasteiger partial charge in [-0.2, -0.15) is 4.57 Å². The van der Waals surface area contributed by atoms with E-state index in [0.717, 1.165) is 5.56 Å². The summed E-state index contributed by atoms with van der Waals surface area (Å²) in [6.45, 7) is 2.26. The van der Waals surface area contributed by atoms with Gasteiger partial charge in [-0.1, -0.05) is 11.6 Å². The van der Waals surface area contributed by atoms with E-state index in [-0.39, 0.29) is 12.5 Å². The van der Waals surface area contributed by atoms with Gasteiger partial charge in [-0.3, -0.25) is 4.79 Å². The molecular formula is C15H16ClN2O2+. The summed E-state index contributed by atoms with van der Waals surface area (Å²) < 4.78 is 6.88. The summed E-state index contributed by atoms with van der Waals surface area (Å²) in [6, 6.07) is 9.05. The zero-order valence-electron chi connectivity index (χ0n) is 11.4. The van der Waals surface area contributed by atoms with E-state index in [1.165, 1.54) is 0 Å². The number of halogens is 1. The Morgan fingerprint density at radius 2 is 2.00 bits per heavy atom. The first-order chi connectivity index (χ1) is 9.58. The minimum Gasteiger partial charge on any atom is -0.495 e. The highest BCUT2D eigenvalue weighted by Crippen LogP contribution is 2.27. The molecule has 4 nitrogen and oxygen atoms in total. The molecule has 0 radical (unpaired) electrons. The zero-order chi connectivity index (χ0) is 14.5. The third-order valence-corrected chi connectivity index (χ3v) is 3.11. The molecule has 0 aliphatic heterocycles. The molecule has 1 amide bonds. The zero-order valence-corrected chi connectivity index (χ0v) is 12.1. The number of aromatic nitrogens is 1. The average Bonchev–Trinajstić information content (AvgIpc) is 2.41. The van der Waals surface area contributed by atoms with Crippen molar-refractivity contribution in [2.75, 3.05) is 12.4 Å². The highest BCUT2D eigenvalue weighted by Gasteiger charge is 2.10. The standard InChI is InChI=1S/C15H15ClN2O2/c1-11-5-7-18(8-6-11)10-15(19)17-12-3-4-14(20-2)13(16)9-12/h3-9H,10H2,1-2H3/p+1. The number of benzene rings is 1. The topological polar surface area (TPSA) is 42.2 Å². The van der Waals surface area contributed by atoms with Crippen LogP contribution in [-0.2, 0) is 11.3 Å². The molecule has 0 aliphatic rings. The molecule has 1 heterocycles. The lowest BCUT2D eigenvalue weighted by Crippen LogP contribution is -2.39. The first-order valence-electron chi connectivity index (χ1n) is 6.17. The van der Waals surface area contributed by atoms with Crippen LogP contribution in [0.2, 0.25) is 5.02 Å². The molecule has 0 spiro atoms. The van der Waals surface area contributed by atoms with Gasteiger partial charge in [-0.05, 0) is 30.7 Å². The summed E-state index contributed by atoms with van der Waals surface area (Å²) in [7, 11) is 1.55. The third-order valence-electron chi connectivity index (χ3n) is 2.82. The van der Waals surface area contributed by atoms with Crippen LogP contribution in [0.15, 0.2) is 42.7 Å². The maximum absolute atomic E-state index is 11.9. The number of nitrogens with one attached hydrogen (secondary N) is 1. The lowest BCUT2D eigenvalue weighted by Gasteiger charge is -2.06. The third kappa shape index (κ3) is 3.71. The second-order valence-corrected chi connectivity index (χ2v) is 4.85. The Kier molecular flexibility index (Phi) is 4.58. The van der Waals surface area contributed by atoms with Gasteiger partial charge in [-0.25, -0.2) is 0 Å². The Morgan fingerprint density at radius 3 is 2.60 bits per heavy atom. The molecule has 0 saturated carbocycles. The molecule has 2 rings (SSSR count). The van der Waals surface area contributed by atoms with Crippen molar-refractivity contribution in [3.8, 4) is 5.75 Å². The number of hydrogen-bond acceptors (Lipinski definition) is 2. The SMILES string of the molecule is COc1ccc(NC(=O)C[n+]2ccc(C)cc2)cc1Cl. The fourth-order valence-corrected chi connectivity index (χ4v) is 2.01. The van der Waals surface area contributed by atoms with Crippen LogP contribution in [-0.4, -0.2) is 13.0 Å². The van der Waals surface area contributed by atoms with Gasteiger partial charge in [0.15, 0.2) is 12.4 Å². The average molecular weight is 292 g/mol. The number of amides is 1. The molecule has 1 aromatic carbocycles. The Bertz CT molecular complexity index is 612. The van der Waals surface area contributed by atoms with Gasteiger partial charge in [0, 0.05) is 17.8 Å². The summed E-state index contributed by atoms with van der Waals surface area (Å²) in [5.41, 5.74) is 1.80. The molecule has 1 N–H and O–H groups in total. The number of rotatable bonds is 4. The number of methoxy groups -OCH3 is 1. The Balaban J connectivity index is 2.01. The van der Waals surface area contributed by atoms with Crippen molar-refractivity contribution in [1.82, 2.24) is 0 Å². The highest BCUT2D eigenvalue weighted by atomic mass is 35.5. The molecule has 20 heavy (non-hydrogen) atoms. The monoisotopic (exact) mass is 291 g/mol. The molecular weight excluding hydrogens is 276 g/mol. The minimum atomic E-state index is -0.111. The van der Waals surface area contributed by atoms with Crippen molar-refractivity contribution in [3.63, 3.8) is 0 Å². The van der Waals surface area contributed by atoms with E-state index in [4.69, 9.17) is 16.3 Å². The maximum atomic E-state index is 11.9. The number of aryl methyl sites for hydroxylation is 1. The fourth-order valence-electron chi connectivity index (χ4n) is 1.75. The van der Waals surface area contributed by atoms with Crippen LogP contribution >= 0.6 is 11.6 Å². The highest BCUT2D eigenvalue weighted by molar-refractivity contribution is 6.32. The largest absolute Gasteiger partial charge is 0.495 e. The van der Waals surface area contributed by atoms with Crippen LogP contribution in [0.4, 0.5) is 5.69 Å². The first kappa shape index (κ1) is 14.3. The summed E-state index contributed by atoms with van der Waals surface area (Å²) in [6.07, 6.45) is 3.74. The van der Waals surface area contributed by atoms with E-state index in [2.05, 4.69) is 5.32 Å². The number of anilines is 1. The van der Waals surface area contributed by atoms with Crippen LogP contribution in [0.25, 0.3) is 0 Å². The van der Waals surface area contributed by atoms with Gasteiger partial charge in [0.05, 0.1) is 12.1 Å². The molecule has 5 heteroatoms. The van der Waals surface area contributed by atoms with Crippen LogP contribution in [0.3, 0.4) is 0 Å². The van der Waals surface area contributed by atoms with Gasteiger partial charge in [0.25, 0.3) is 5.91 Å². The van der Waals surface area contributed by atoms with Gasteiger partial charge < -0.3 is 10.1 Å². The van der Waals surface area contributed by atoms with Gasteiger partial charge in [-0.15, -0.1) is 0 Å². The van der Waals surface area contributed by atoms with Gasteiger partial charge in [0.1, 0.15) is 5.75 Å². The first-order valence-corrected chi connectivity index (χ1v) is 6.55. The Morgan fingerprint density at radius 1 is 1.30 bits per heavy atom. The minimum absolute atomic E-state index is 0.111. The summed E-state index contributed by atoms with van der Waals surface area (Å²) in [4.78, 5) is 11.9. The van der Waals surface area contributed by atoms with Crippen LogP contribution in [0.1, 0.15) is 5.56 Å². The molecule has 104 valence electrons. The van der Waals surface area contributed by atoms with Crippen LogP contribution < -0.4 is 14.6 Å². The van der Waals surface area contributed by atoms with Crippen molar-refractivity contribution in [2.45, 2.75) is 13.5 Å². The van der Waals surface area contributed by atoms with Gasteiger partial charge >= 0.3 is 0 Å². The maximum Gasteiger partial charge on any atom is 0.290 e. The molecule has 2 aromatic rings. The van der Waals surface area contributed by atoms with E-state index >= 15 is 0 Å². The molecule has 0 saturated heterocycles. The fraction of sp³-hybridized carbons (Fsp3) is 0.200. The van der Waals surface area contributed by atoms with E-state index in [0.29, 0.717) is 16.5 Å². The molecule has 1 aromatic heterocycles. The second kappa shape index (κ2) is 6.39. The summed E-state index contributed by atoms with van der Waals surface area (Å²) in [5, 5.41) is 3.26. The number of nitrogens with zero attached hydrogens (tertiary/aromatic N) is 1. The van der Waals surface area contributed by atoms with Crippen LogP contribution in [0, 0.1) is 6.92 Å². The molecule has 0 atom stereocenters. The number of ether oxygens (including phenoxy) is 1. The second-order valence-electron chi connectivity index (χ2n) is 4.45. The Hall–Kier alpha value is -2.07. The predicted octanol–water partition coefficient (Wildman–Crippen LogP) is 2.58. The van der Waals surface area contributed by atoms with E-state index in [1.54, 1.807) is 25.3 Å². The summed E-state index contributed by atoms with van der Waals surface area (Å²) in [5.74, 6) is 0.470. The Labute approximate surface area is 123 Å². The number of pyridine rings is 1. The number of hydrogen-bond donors (Lipinski definition) is 1. The van der Waals surface area contributed by atoms with Crippen molar-refractivity contribution in [1.29, 1.82) is 0 Å². The summed E-state index contributed by atoms with van der Waals surface area (Å²) >= 11 is 6.01. The molecule has 0 unspecified atom stereocenters. The van der Waals surface area contributed by atoms with E-state index in [9.17, 15) is 4.79 Å². The predicted molar refractivity (Wildman–Crippen MR) is 78.0 cm³/mol. The molecule has 0 bridgehead atoms. The van der Waals surface area contributed by atoms with Crippen molar-refractivity contribution >= 4 is 23.2 Å². The quantitative estimate of drug-likeness (QED) is 0.880. The number of carbonyl (C=O) groups excluding carboxylic acids is 1. The van der Waals surface area contributed by atoms with Crippen molar-refractivity contribution in [3.05, 3.63) is 53.3 Å². The smallest absolute Gasteiger partial charge is 0.290 e. The van der Waals surface area contributed by atoms with E-state index in [1.807, 2.05) is 36.0 Å². The van der Waals surface area contributed by atoms with E-state index < -0.39 is 0 Å².